The lowest BCUT2D eigenvalue weighted by atomic mass is 10.0. The van der Waals surface area contributed by atoms with Crippen molar-refractivity contribution in [1.82, 2.24) is 15.3 Å². The summed E-state index contributed by atoms with van der Waals surface area (Å²) in [6, 6.07) is 2.43. The number of nitrogens with one attached hydrogen (secondary N) is 1. The van der Waals surface area contributed by atoms with Gasteiger partial charge in [0, 0.05) is 17.4 Å². The van der Waals surface area contributed by atoms with Gasteiger partial charge in [0.1, 0.15) is 0 Å². The lowest BCUT2D eigenvalue weighted by molar-refractivity contribution is -0.118. The van der Waals surface area contributed by atoms with Crippen LogP contribution >= 0.6 is 11.8 Å². The fourth-order valence-corrected chi connectivity index (χ4v) is 5.39. The van der Waals surface area contributed by atoms with Gasteiger partial charge in [-0.2, -0.15) is 0 Å². The number of carbonyl (C=O) groups is 1. The van der Waals surface area contributed by atoms with E-state index < -0.39 is 0 Å². The summed E-state index contributed by atoms with van der Waals surface area (Å²) in [6.07, 6.45) is 4.21. The lowest BCUT2D eigenvalue weighted by Crippen LogP contribution is -2.31. The van der Waals surface area contributed by atoms with Gasteiger partial charge in [0.2, 0.25) is 5.91 Å². The predicted octanol–water partition coefficient (Wildman–Crippen LogP) is 2.35. The number of hydrogen-bond acceptors (Lipinski definition) is 4. The molecule has 0 saturated heterocycles. The summed E-state index contributed by atoms with van der Waals surface area (Å²) in [4.78, 5) is 20.8. The van der Waals surface area contributed by atoms with E-state index in [1.807, 2.05) is 19.9 Å². The maximum atomic E-state index is 12.1. The second-order valence-electron chi connectivity index (χ2n) is 6.80. The van der Waals surface area contributed by atoms with Crippen molar-refractivity contribution in [3.8, 4) is 0 Å². The summed E-state index contributed by atoms with van der Waals surface area (Å²) in [5.74, 6) is 3.97. The highest BCUT2D eigenvalue weighted by Gasteiger charge is 2.65. The number of hydrogen-bond donors (Lipinski definition) is 1. The van der Waals surface area contributed by atoms with Crippen LogP contribution in [0.5, 0.6) is 0 Å². The number of aryl methyl sites for hydroxylation is 2. The molecule has 4 atom stereocenters. The van der Waals surface area contributed by atoms with Crippen molar-refractivity contribution in [2.45, 2.75) is 44.3 Å². The predicted molar refractivity (Wildman–Crippen MR) is 82.0 cm³/mol. The molecule has 5 heteroatoms. The summed E-state index contributed by atoms with van der Waals surface area (Å²) in [5, 5.41) is 3.95. The zero-order chi connectivity index (χ0) is 14.6. The van der Waals surface area contributed by atoms with E-state index in [1.165, 1.54) is 31.0 Å². The second-order valence-corrected chi connectivity index (χ2v) is 7.75. The van der Waals surface area contributed by atoms with Gasteiger partial charge in [-0.1, -0.05) is 11.8 Å². The average Bonchev–Trinajstić information content (AvgIpc) is 2.82. The SMILES string of the molecule is Cc1cc(C)nc(SCC(=O)NC2[C@@H]3[C@H]4CC[C@@H](C4)[C@@H]23)n1. The largest absolute Gasteiger partial charge is 0.352 e. The lowest BCUT2D eigenvalue weighted by Gasteiger charge is -2.10. The molecule has 0 unspecified atom stereocenters. The molecule has 4 nitrogen and oxygen atoms in total. The normalized spacial score (nSPS) is 35.6. The molecule has 3 aliphatic rings. The quantitative estimate of drug-likeness (QED) is 0.685. The number of thioether (sulfide) groups is 1. The number of aromatic nitrogens is 2. The molecule has 21 heavy (non-hydrogen) atoms. The molecule has 4 rings (SSSR count). The highest BCUT2D eigenvalue weighted by atomic mass is 32.2. The van der Waals surface area contributed by atoms with E-state index in [2.05, 4.69) is 15.3 Å². The van der Waals surface area contributed by atoms with E-state index >= 15 is 0 Å². The van der Waals surface area contributed by atoms with Crippen LogP contribution in [0.15, 0.2) is 11.2 Å². The Balaban J connectivity index is 1.29. The highest BCUT2D eigenvalue weighted by Crippen LogP contribution is 2.65. The number of rotatable bonds is 4. The molecule has 2 bridgehead atoms. The van der Waals surface area contributed by atoms with E-state index in [0.717, 1.165) is 35.1 Å². The molecule has 1 aromatic heterocycles. The van der Waals surface area contributed by atoms with Crippen molar-refractivity contribution < 1.29 is 4.79 Å². The molecule has 0 spiro atoms. The third-order valence-corrected chi connectivity index (χ3v) is 6.20. The Hall–Kier alpha value is -1.10. The molecule has 0 radical (unpaired) electrons. The third-order valence-electron chi connectivity index (χ3n) is 5.36. The van der Waals surface area contributed by atoms with Crippen LogP contribution in [0, 0.1) is 37.5 Å². The maximum absolute atomic E-state index is 12.1. The Morgan fingerprint density at radius 2 is 1.86 bits per heavy atom. The zero-order valence-corrected chi connectivity index (χ0v) is 13.3. The number of amides is 1. The smallest absolute Gasteiger partial charge is 0.230 e. The van der Waals surface area contributed by atoms with Crippen LogP contribution in [0.25, 0.3) is 0 Å². The average molecular weight is 303 g/mol. The number of carbonyl (C=O) groups excluding carboxylic acids is 1. The first kappa shape index (κ1) is 13.6. The fourth-order valence-electron chi connectivity index (χ4n) is 4.63. The summed E-state index contributed by atoms with van der Waals surface area (Å²) < 4.78 is 0. The molecule has 0 aliphatic heterocycles. The van der Waals surface area contributed by atoms with E-state index in [0.29, 0.717) is 17.0 Å². The minimum atomic E-state index is 0.140. The minimum absolute atomic E-state index is 0.140. The molecule has 3 aliphatic carbocycles. The Labute approximate surface area is 129 Å². The van der Waals surface area contributed by atoms with Crippen molar-refractivity contribution in [1.29, 1.82) is 0 Å². The molecule has 0 aromatic carbocycles. The fraction of sp³-hybridized carbons (Fsp3) is 0.688. The number of fused-ring (bicyclic) bond motifs is 5. The molecular weight excluding hydrogens is 282 g/mol. The second kappa shape index (κ2) is 4.97. The highest BCUT2D eigenvalue weighted by molar-refractivity contribution is 7.99. The standard InChI is InChI=1S/C16H21N3OS/c1-8-5-9(2)18-16(17-8)21-7-12(20)19-15-13-10-3-4-11(6-10)14(13)15/h5,10-11,13-15H,3-4,6-7H2,1-2H3,(H,19,20)/t10-,11-,13+,14+/m0/s1. The van der Waals surface area contributed by atoms with Gasteiger partial charge in [-0.15, -0.1) is 0 Å². The molecule has 1 aromatic rings. The van der Waals surface area contributed by atoms with Crippen LogP contribution in [0.4, 0.5) is 0 Å². The monoisotopic (exact) mass is 303 g/mol. The van der Waals surface area contributed by atoms with Gasteiger partial charge >= 0.3 is 0 Å². The summed E-state index contributed by atoms with van der Waals surface area (Å²) >= 11 is 1.44. The molecule has 1 heterocycles. The van der Waals surface area contributed by atoms with Crippen LogP contribution in [0.3, 0.4) is 0 Å². The summed E-state index contributed by atoms with van der Waals surface area (Å²) in [7, 11) is 0. The minimum Gasteiger partial charge on any atom is -0.352 e. The van der Waals surface area contributed by atoms with Gasteiger partial charge in [0.15, 0.2) is 5.16 Å². The molecule has 3 saturated carbocycles. The molecular formula is C16H21N3OS. The van der Waals surface area contributed by atoms with Crippen molar-refractivity contribution >= 4 is 17.7 Å². The third kappa shape index (κ3) is 2.45. The van der Waals surface area contributed by atoms with Crippen molar-refractivity contribution in [2.24, 2.45) is 23.7 Å². The Morgan fingerprint density at radius 3 is 2.48 bits per heavy atom. The van der Waals surface area contributed by atoms with Crippen LogP contribution in [0.1, 0.15) is 30.7 Å². The van der Waals surface area contributed by atoms with Crippen LogP contribution in [-0.2, 0) is 4.79 Å². The van der Waals surface area contributed by atoms with Crippen LogP contribution in [0.2, 0.25) is 0 Å². The first-order chi connectivity index (χ1) is 10.1. The van der Waals surface area contributed by atoms with Crippen molar-refractivity contribution in [3.05, 3.63) is 17.5 Å². The van der Waals surface area contributed by atoms with Crippen LogP contribution in [-0.4, -0.2) is 27.7 Å². The van der Waals surface area contributed by atoms with E-state index in [-0.39, 0.29) is 5.91 Å². The first-order valence-electron chi connectivity index (χ1n) is 7.86. The van der Waals surface area contributed by atoms with Crippen molar-refractivity contribution in [2.75, 3.05) is 5.75 Å². The molecule has 3 fully saturated rings. The topological polar surface area (TPSA) is 54.9 Å². The number of nitrogens with zero attached hydrogens (tertiary/aromatic N) is 2. The van der Waals surface area contributed by atoms with Gasteiger partial charge < -0.3 is 5.32 Å². The zero-order valence-electron chi connectivity index (χ0n) is 12.5. The van der Waals surface area contributed by atoms with Gasteiger partial charge in [0.25, 0.3) is 0 Å². The van der Waals surface area contributed by atoms with Gasteiger partial charge in [0.05, 0.1) is 5.75 Å². The Bertz CT molecular complexity index is 555. The summed E-state index contributed by atoms with van der Waals surface area (Å²) in [5.41, 5.74) is 1.91. The Morgan fingerprint density at radius 1 is 1.24 bits per heavy atom. The molecule has 1 amide bonds. The molecule has 112 valence electrons. The van der Waals surface area contributed by atoms with E-state index in [9.17, 15) is 4.79 Å². The van der Waals surface area contributed by atoms with E-state index in [4.69, 9.17) is 0 Å². The van der Waals surface area contributed by atoms with Gasteiger partial charge in [-0.25, -0.2) is 9.97 Å². The van der Waals surface area contributed by atoms with Crippen molar-refractivity contribution in [3.63, 3.8) is 0 Å². The van der Waals surface area contributed by atoms with E-state index in [1.54, 1.807) is 0 Å². The first-order valence-corrected chi connectivity index (χ1v) is 8.85. The maximum Gasteiger partial charge on any atom is 0.230 e. The Kier molecular flexibility index (Phi) is 3.21. The molecule has 1 N–H and O–H groups in total. The van der Waals surface area contributed by atoms with Crippen LogP contribution < -0.4 is 5.32 Å². The van der Waals surface area contributed by atoms with Gasteiger partial charge in [-0.3, -0.25) is 4.79 Å². The van der Waals surface area contributed by atoms with Gasteiger partial charge in [-0.05, 0) is 62.8 Å². The summed E-state index contributed by atoms with van der Waals surface area (Å²) in [6.45, 7) is 3.92.